The molecule has 2 aromatic rings. The van der Waals surface area contributed by atoms with Crippen LogP contribution in [0.2, 0.25) is 0 Å². The summed E-state index contributed by atoms with van der Waals surface area (Å²) in [6.07, 6.45) is 4.87. The Morgan fingerprint density at radius 1 is 1.42 bits per heavy atom. The van der Waals surface area contributed by atoms with Gasteiger partial charge in [0.05, 0.1) is 29.0 Å². The van der Waals surface area contributed by atoms with Gasteiger partial charge < -0.3 is 27.0 Å². The number of anilines is 2. The zero-order valence-electron chi connectivity index (χ0n) is 18.1. The van der Waals surface area contributed by atoms with E-state index in [1.807, 2.05) is 31.2 Å². The molecule has 0 aliphatic carbocycles. The van der Waals surface area contributed by atoms with E-state index in [9.17, 15) is 0 Å². The summed E-state index contributed by atoms with van der Waals surface area (Å²) < 4.78 is 0. The Morgan fingerprint density at radius 2 is 2.26 bits per heavy atom. The zero-order valence-corrected chi connectivity index (χ0v) is 18.1. The van der Waals surface area contributed by atoms with Crippen molar-refractivity contribution in [3.05, 3.63) is 53.6 Å². The highest BCUT2D eigenvalue weighted by Crippen LogP contribution is 2.22. The number of nitrogens with two attached hydrogens (primary N) is 2. The van der Waals surface area contributed by atoms with Crippen molar-refractivity contribution in [3.63, 3.8) is 0 Å². The summed E-state index contributed by atoms with van der Waals surface area (Å²) in [5.74, 6) is 0.819. The van der Waals surface area contributed by atoms with Crippen molar-refractivity contribution >= 4 is 29.0 Å². The average molecular weight is 422 g/mol. The molecule has 164 valence electrons. The molecule has 0 amide bonds. The highest BCUT2D eigenvalue weighted by atomic mass is 15.2. The Labute approximate surface area is 183 Å². The lowest BCUT2D eigenvalue weighted by molar-refractivity contribution is 0.634. The predicted octanol–water partition coefficient (Wildman–Crippen LogP) is 1.06. The van der Waals surface area contributed by atoms with Crippen LogP contribution in [0.25, 0.3) is 5.57 Å². The molecule has 0 spiro atoms. The number of hydrogen-bond donors (Lipinski definition) is 5. The molecule has 1 aliphatic heterocycles. The molecule has 2 aromatic heterocycles. The van der Waals surface area contributed by atoms with Gasteiger partial charge in [-0.1, -0.05) is 6.07 Å². The van der Waals surface area contributed by atoms with Gasteiger partial charge in [-0.3, -0.25) is 15.4 Å². The largest absolute Gasteiger partial charge is 0.404 e. The minimum absolute atomic E-state index is 0.0392. The second-order valence-corrected chi connectivity index (χ2v) is 7.28. The van der Waals surface area contributed by atoms with E-state index in [-0.39, 0.29) is 6.04 Å². The zero-order chi connectivity index (χ0) is 22.2. The first-order valence-electron chi connectivity index (χ1n) is 10.4. The minimum atomic E-state index is 0.0392. The summed E-state index contributed by atoms with van der Waals surface area (Å²) in [4.78, 5) is 15.7. The topological polar surface area (TPSA) is 141 Å². The van der Waals surface area contributed by atoms with Crippen LogP contribution >= 0.6 is 0 Å². The van der Waals surface area contributed by atoms with Crippen LogP contribution in [0.3, 0.4) is 0 Å². The fraction of sp³-hybridized carbons (Fsp3) is 0.364. The van der Waals surface area contributed by atoms with Gasteiger partial charge in [-0.25, -0.2) is 4.98 Å². The van der Waals surface area contributed by atoms with E-state index in [1.165, 1.54) is 6.20 Å². The first-order valence-corrected chi connectivity index (χ1v) is 10.4. The van der Waals surface area contributed by atoms with Crippen LogP contribution in [0, 0.1) is 5.41 Å². The van der Waals surface area contributed by atoms with Gasteiger partial charge in [0, 0.05) is 69.4 Å². The molecule has 1 unspecified atom stereocenters. The molecule has 1 atom stereocenters. The van der Waals surface area contributed by atoms with Crippen LogP contribution < -0.4 is 27.0 Å². The molecule has 1 fully saturated rings. The molecule has 0 saturated carbocycles. The van der Waals surface area contributed by atoms with Crippen molar-refractivity contribution in [2.45, 2.75) is 13.0 Å². The molecule has 3 rings (SSSR count). The Kier molecular flexibility index (Phi) is 7.69. The summed E-state index contributed by atoms with van der Waals surface area (Å²) in [6, 6.07) is 7.62. The number of allylic oxidation sites excluding steroid dienone is 1. The molecule has 1 aliphatic rings. The molecule has 1 saturated heterocycles. The monoisotopic (exact) mass is 421 g/mol. The lowest BCUT2D eigenvalue weighted by Crippen LogP contribution is -2.39. The summed E-state index contributed by atoms with van der Waals surface area (Å²) in [5.41, 5.74) is 15.6. The number of rotatable bonds is 7. The third-order valence-electron chi connectivity index (χ3n) is 5.07. The molecule has 0 aromatic carbocycles. The fourth-order valence-corrected chi connectivity index (χ4v) is 3.43. The van der Waals surface area contributed by atoms with Crippen molar-refractivity contribution in [1.29, 1.82) is 5.41 Å². The van der Waals surface area contributed by atoms with Gasteiger partial charge in [-0.05, 0) is 25.1 Å². The highest BCUT2D eigenvalue weighted by Gasteiger charge is 2.18. The SMILES string of the molecule is CCN=CC(=CN)c1cc(C(=N)c2cccc(N3CCNCC(N)C3)n2)c(NC)cn1. The van der Waals surface area contributed by atoms with Crippen molar-refractivity contribution < 1.29 is 0 Å². The predicted molar refractivity (Wildman–Crippen MR) is 128 cm³/mol. The average Bonchev–Trinajstić information content (AvgIpc) is 3.03. The van der Waals surface area contributed by atoms with E-state index in [4.69, 9.17) is 21.9 Å². The van der Waals surface area contributed by atoms with E-state index in [1.54, 1.807) is 19.5 Å². The van der Waals surface area contributed by atoms with Crippen LogP contribution in [-0.2, 0) is 0 Å². The van der Waals surface area contributed by atoms with Crippen molar-refractivity contribution in [3.8, 4) is 0 Å². The van der Waals surface area contributed by atoms with Crippen LogP contribution in [0.15, 0.2) is 41.7 Å². The van der Waals surface area contributed by atoms with Gasteiger partial charge in [-0.15, -0.1) is 0 Å². The smallest absolute Gasteiger partial charge is 0.129 e. The second kappa shape index (κ2) is 10.6. The third kappa shape index (κ3) is 5.44. The number of nitrogens with zero attached hydrogens (tertiary/aromatic N) is 4. The first-order chi connectivity index (χ1) is 15.1. The molecule has 0 radical (unpaired) electrons. The molecule has 9 nitrogen and oxygen atoms in total. The molecule has 9 heteroatoms. The third-order valence-corrected chi connectivity index (χ3v) is 5.07. The molecular weight excluding hydrogens is 390 g/mol. The Morgan fingerprint density at radius 3 is 3.00 bits per heavy atom. The molecular formula is C22H31N9. The van der Waals surface area contributed by atoms with Crippen molar-refractivity contribution in [2.24, 2.45) is 16.5 Å². The van der Waals surface area contributed by atoms with Gasteiger partial charge >= 0.3 is 0 Å². The minimum Gasteiger partial charge on any atom is -0.404 e. The second-order valence-electron chi connectivity index (χ2n) is 7.28. The van der Waals surface area contributed by atoms with Gasteiger partial charge in [-0.2, -0.15) is 0 Å². The number of hydrogen-bond acceptors (Lipinski definition) is 9. The fourth-order valence-electron chi connectivity index (χ4n) is 3.43. The lowest BCUT2D eigenvalue weighted by Gasteiger charge is -2.23. The van der Waals surface area contributed by atoms with Crippen LogP contribution in [0.5, 0.6) is 0 Å². The Balaban J connectivity index is 1.95. The van der Waals surface area contributed by atoms with E-state index >= 15 is 0 Å². The number of nitrogens with one attached hydrogen (secondary N) is 3. The maximum absolute atomic E-state index is 8.87. The highest BCUT2D eigenvalue weighted by molar-refractivity contribution is 6.15. The Hall–Kier alpha value is -3.30. The van der Waals surface area contributed by atoms with Gasteiger partial charge in [0.15, 0.2) is 0 Å². The Bertz CT molecular complexity index is 967. The van der Waals surface area contributed by atoms with Crippen LogP contribution in [-0.4, -0.2) is 67.7 Å². The first kappa shape index (κ1) is 22.4. The summed E-state index contributed by atoms with van der Waals surface area (Å²) in [5, 5.41) is 15.3. The standard InChI is InChI=1S/C22H31N9/c1-3-27-11-15(10-23)19-9-17(20(26-2)13-29-19)22(25)18-5-4-6-21(30-18)31-8-7-28-12-16(24)14-31/h4-6,9-11,13,16,25-26,28H,3,7-8,12,14,23-24H2,1-2H3. The van der Waals surface area contributed by atoms with Crippen molar-refractivity contribution in [2.75, 3.05) is 50.0 Å². The maximum Gasteiger partial charge on any atom is 0.129 e. The quantitative estimate of drug-likeness (QED) is 0.421. The lowest BCUT2D eigenvalue weighted by atomic mass is 10.0. The molecule has 0 bridgehead atoms. The van der Waals surface area contributed by atoms with Gasteiger partial charge in [0.25, 0.3) is 0 Å². The van der Waals surface area contributed by atoms with Crippen LogP contribution in [0.1, 0.15) is 23.9 Å². The number of aliphatic imine (C=N–C) groups is 1. The maximum atomic E-state index is 8.87. The van der Waals surface area contributed by atoms with Gasteiger partial charge in [0.2, 0.25) is 0 Å². The molecule has 31 heavy (non-hydrogen) atoms. The van der Waals surface area contributed by atoms with E-state index in [0.717, 1.165) is 37.7 Å². The molecule has 3 heterocycles. The van der Waals surface area contributed by atoms with Gasteiger partial charge in [0.1, 0.15) is 5.82 Å². The van der Waals surface area contributed by atoms with Crippen molar-refractivity contribution in [1.82, 2.24) is 15.3 Å². The normalized spacial score (nSPS) is 17.6. The summed E-state index contributed by atoms with van der Waals surface area (Å²) in [6.45, 7) is 5.79. The summed E-state index contributed by atoms with van der Waals surface area (Å²) >= 11 is 0. The van der Waals surface area contributed by atoms with E-state index in [2.05, 4.69) is 25.5 Å². The summed E-state index contributed by atoms with van der Waals surface area (Å²) in [7, 11) is 1.81. The molecule has 7 N–H and O–H groups in total. The van der Waals surface area contributed by atoms with E-state index < -0.39 is 0 Å². The van der Waals surface area contributed by atoms with Crippen LogP contribution in [0.4, 0.5) is 11.5 Å². The number of aromatic nitrogens is 2. The number of pyridine rings is 2. The van der Waals surface area contributed by atoms with E-state index in [0.29, 0.717) is 34.8 Å².